The number of methoxy groups -OCH3 is 1. The molecule has 1 aliphatic heterocycles. The van der Waals surface area contributed by atoms with Gasteiger partial charge in [0.1, 0.15) is 11.4 Å². The Morgan fingerprint density at radius 1 is 1.10 bits per heavy atom. The van der Waals surface area contributed by atoms with Crippen LogP contribution in [-0.4, -0.2) is 34.4 Å². The molecule has 1 amide bonds. The van der Waals surface area contributed by atoms with Gasteiger partial charge in [0.05, 0.1) is 7.11 Å². The number of benzene rings is 2. The Balaban J connectivity index is 1.43. The normalized spacial score (nSPS) is 13.9. The summed E-state index contributed by atoms with van der Waals surface area (Å²) in [6.45, 7) is 1.34. The third-order valence-corrected chi connectivity index (χ3v) is 5.74. The fourth-order valence-electron chi connectivity index (χ4n) is 4.16. The molecule has 0 fully saturated rings. The van der Waals surface area contributed by atoms with E-state index in [1.807, 2.05) is 59.8 Å². The predicted molar refractivity (Wildman–Crippen MR) is 118 cm³/mol. The molecule has 3 heterocycles. The van der Waals surface area contributed by atoms with Gasteiger partial charge in [-0.15, -0.1) is 0 Å². The number of carbonyl (C=O) groups is 1. The highest BCUT2D eigenvalue weighted by Crippen LogP contribution is 2.28. The monoisotopic (exact) mass is 397 g/mol. The highest BCUT2D eigenvalue weighted by Gasteiger charge is 2.23. The molecule has 0 spiro atoms. The smallest absolute Gasteiger partial charge is 0.254 e. The lowest BCUT2D eigenvalue weighted by Gasteiger charge is -2.21. The summed E-state index contributed by atoms with van der Waals surface area (Å²) in [7, 11) is 1.66. The SMILES string of the molecule is COc1cccc(CN2CCCc3cc(-c4cnc5[nH]ccc5c4)ccc3C2=O)c1. The second-order valence-electron chi connectivity index (χ2n) is 7.69. The molecule has 150 valence electrons. The number of rotatable bonds is 4. The summed E-state index contributed by atoms with van der Waals surface area (Å²) in [5.41, 5.74) is 6.04. The van der Waals surface area contributed by atoms with Crippen molar-refractivity contribution >= 4 is 16.9 Å². The number of nitrogens with one attached hydrogen (secondary N) is 1. The number of fused-ring (bicyclic) bond motifs is 2. The zero-order chi connectivity index (χ0) is 20.5. The van der Waals surface area contributed by atoms with E-state index < -0.39 is 0 Å². The third-order valence-electron chi connectivity index (χ3n) is 5.74. The molecule has 5 heteroatoms. The molecule has 0 saturated heterocycles. The average Bonchev–Trinajstić information content (AvgIpc) is 3.20. The summed E-state index contributed by atoms with van der Waals surface area (Å²) in [5.74, 6) is 0.906. The first-order valence-electron chi connectivity index (χ1n) is 10.2. The van der Waals surface area contributed by atoms with Gasteiger partial charge < -0.3 is 14.6 Å². The van der Waals surface area contributed by atoms with E-state index in [9.17, 15) is 4.79 Å². The van der Waals surface area contributed by atoms with Crippen LogP contribution in [0.15, 0.2) is 67.0 Å². The van der Waals surface area contributed by atoms with Crippen LogP contribution >= 0.6 is 0 Å². The van der Waals surface area contributed by atoms with Gasteiger partial charge in [0.2, 0.25) is 0 Å². The second kappa shape index (κ2) is 7.67. The number of aromatic amines is 1. The summed E-state index contributed by atoms with van der Waals surface area (Å²) in [6, 6.07) is 18.2. The van der Waals surface area contributed by atoms with E-state index in [-0.39, 0.29) is 5.91 Å². The minimum absolute atomic E-state index is 0.0936. The molecular weight excluding hydrogens is 374 g/mol. The summed E-state index contributed by atoms with van der Waals surface area (Å²) in [6.07, 6.45) is 5.62. The van der Waals surface area contributed by atoms with Crippen LogP contribution < -0.4 is 4.74 Å². The molecule has 0 aliphatic carbocycles. The van der Waals surface area contributed by atoms with Gasteiger partial charge >= 0.3 is 0 Å². The number of pyridine rings is 1. The van der Waals surface area contributed by atoms with Crippen molar-refractivity contribution < 1.29 is 9.53 Å². The average molecular weight is 397 g/mol. The summed E-state index contributed by atoms with van der Waals surface area (Å²) >= 11 is 0. The van der Waals surface area contributed by atoms with E-state index in [1.165, 1.54) is 0 Å². The highest BCUT2D eigenvalue weighted by molar-refractivity contribution is 5.97. The summed E-state index contributed by atoms with van der Waals surface area (Å²) in [4.78, 5) is 22.8. The maximum absolute atomic E-state index is 13.3. The van der Waals surface area contributed by atoms with E-state index in [2.05, 4.69) is 22.1 Å². The van der Waals surface area contributed by atoms with Crippen LogP contribution in [0.3, 0.4) is 0 Å². The van der Waals surface area contributed by atoms with Gasteiger partial charge in [-0.25, -0.2) is 4.98 Å². The number of carbonyl (C=O) groups excluding carboxylic acids is 1. The first-order valence-corrected chi connectivity index (χ1v) is 10.2. The number of ether oxygens (including phenoxy) is 1. The Morgan fingerprint density at radius 2 is 2.03 bits per heavy atom. The highest BCUT2D eigenvalue weighted by atomic mass is 16.5. The number of amides is 1. The lowest BCUT2D eigenvalue weighted by molar-refractivity contribution is 0.0748. The topological polar surface area (TPSA) is 58.2 Å². The standard InChI is InChI=1S/C25H23N3O2/c1-30-22-6-2-4-17(12-22)16-28-11-3-5-19-13-18(7-8-23(19)25(28)29)21-14-20-9-10-26-24(20)27-15-21/h2,4,6-10,12-15H,3,5,11,16H2,1H3,(H,26,27). The maximum atomic E-state index is 13.3. The number of aromatic nitrogens is 2. The van der Waals surface area contributed by atoms with Crippen molar-refractivity contribution in [3.05, 3.63) is 83.7 Å². The van der Waals surface area contributed by atoms with E-state index in [1.54, 1.807) is 7.11 Å². The Hall–Kier alpha value is -3.60. The van der Waals surface area contributed by atoms with Gasteiger partial charge in [-0.3, -0.25) is 4.79 Å². The van der Waals surface area contributed by atoms with Gasteiger partial charge in [-0.05, 0) is 59.9 Å². The van der Waals surface area contributed by atoms with Crippen LogP contribution in [0.5, 0.6) is 5.75 Å². The largest absolute Gasteiger partial charge is 0.497 e. The van der Waals surface area contributed by atoms with Gasteiger partial charge in [0, 0.05) is 42.0 Å². The number of nitrogens with zero attached hydrogens (tertiary/aromatic N) is 2. The van der Waals surface area contributed by atoms with E-state index in [4.69, 9.17) is 4.74 Å². The van der Waals surface area contributed by atoms with E-state index in [0.29, 0.717) is 6.54 Å². The molecule has 0 unspecified atom stereocenters. The van der Waals surface area contributed by atoms with E-state index in [0.717, 1.165) is 64.0 Å². The van der Waals surface area contributed by atoms with Crippen LogP contribution in [0.1, 0.15) is 27.9 Å². The molecule has 1 N–H and O–H groups in total. The van der Waals surface area contributed by atoms with Crippen molar-refractivity contribution in [1.82, 2.24) is 14.9 Å². The first kappa shape index (κ1) is 18.4. The maximum Gasteiger partial charge on any atom is 0.254 e. The molecule has 0 atom stereocenters. The molecule has 1 aliphatic rings. The summed E-state index contributed by atoms with van der Waals surface area (Å²) < 4.78 is 5.32. The Bertz CT molecular complexity index is 1230. The van der Waals surface area contributed by atoms with Crippen molar-refractivity contribution in [2.75, 3.05) is 13.7 Å². The zero-order valence-corrected chi connectivity index (χ0v) is 16.9. The molecule has 4 aromatic rings. The first-order chi connectivity index (χ1) is 14.7. The van der Waals surface area contributed by atoms with Crippen molar-refractivity contribution in [1.29, 1.82) is 0 Å². The molecule has 0 radical (unpaired) electrons. The number of hydrogen-bond acceptors (Lipinski definition) is 3. The molecule has 30 heavy (non-hydrogen) atoms. The lowest BCUT2D eigenvalue weighted by atomic mass is 9.97. The van der Waals surface area contributed by atoms with E-state index >= 15 is 0 Å². The quantitative estimate of drug-likeness (QED) is 0.537. The van der Waals surface area contributed by atoms with Crippen molar-refractivity contribution in [2.45, 2.75) is 19.4 Å². The number of hydrogen-bond donors (Lipinski definition) is 1. The second-order valence-corrected chi connectivity index (χ2v) is 7.69. The van der Waals surface area contributed by atoms with Crippen molar-refractivity contribution in [3.63, 3.8) is 0 Å². The van der Waals surface area contributed by atoms with Crippen LogP contribution in [0, 0.1) is 0 Å². The van der Waals surface area contributed by atoms with Gasteiger partial charge in [0.15, 0.2) is 0 Å². The van der Waals surface area contributed by atoms with Crippen LogP contribution in [0.25, 0.3) is 22.2 Å². The Morgan fingerprint density at radius 3 is 2.93 bits per heavy atom. The predicted octanol–water partition coefficient (Wildman–Crippen LogP) is 4.83. The zero-order valence-electron chi connectivity index (χ0n) is 16.9. The molecule has 5 rings (SSSR count). The molecule has 5 nitrogen and oxygen atoms in total. The van der Waals surface area contributed by atoms with Crippen molar-refractivity contribution in [3.8, 4) is 16.9 Å². The van der Waals surface area contributed by atoms with Gasteiger partial charge in [-0.2, -0.15) is 0 Å². The lowest BCUT2D eigenvalue weighted by Crippen LogP contribution is -2.30. The molecule has 0 saturated carbocycles. The minimum atomic E-state index is 0.0936. The molecule has 2 aromatic heterocycles. The molecule has 0 bridgehead atoms. The Labute approximate surface area is 175 Å². The van der Waals surface area contributed by atoms with Crippen LogP contribution in [0.4, 0.5) is 0 Å². The fraction of sp³-hybridized carbons (Fsp3) is 0.200. The van der Waals surface area contributed by atoms with Crippen LogP contribution in [-0.2, 0) is 13.0 Å². The number of H-pyrrole nitrogens is 1. The molecule has 2 aromatic carbocycles. The third kappa shape index (κ3) is 3.43. The number of aryl methyl sites for hydroxylation is 1. The molecular formula is C25H23N3O2. The van der Waals surface area contributed by atoms with Crippen LogP contribution in [0.2, 0.25) is 0 Å². The minimum Gasteiger partial charge on any atom is -0.497 e. The van der Waals surface area contributed by atoms with Gasteiger partial charge in [-0.1, -0.05) is 24.3 Å². The Kier molecular flexibility index (Phi) is 4.71. The fourth-order valence-corrected chi connectivity index (χ4v) is 4.16. The van der Waals surface area contributed by atoms with Crippen molar-refractivity contribution in [2.24, 2.45) is 0 Å². The van der Waals surface area contributed by atoms with Gasteiger partial charge in [0.25, 0.3) is 5.91 Å². The summed E-state index contributed by atoms with van der Waals surface area (Å²) in [5, 5.41) is 1.09.